The number of benzene rings is 2. The highest BCUT2D eigenvalue weighted by atomic mass is 32.1. The first-order valence-electron chi connectivity index (χ1n) is 14.8. The Morgan fingerprint density at radius 1 is 0.886 bits per heavy atom. The monoisotopic (exact) mass is 629 g/mol. The number of nitrogens with one attached hydrogen (secondary N) is 2. The van der Waals surface area contributed by atoms with E-state index in [4.69, 9.17) is 9.47 Å². The summed E-state index contributed by atoms with van der Waals surface area (Å²) >= 11 is 4.31. The maximum absolute atomic E-state index is 14.2. The Morgan fingerprint density at radius 2 is 1.52 bits per heavy atom. The molecule has 3 unspecified atom stereocenters. The van der Waals surface area contributed by atoms with Gasteiger partial charge in [-0.15, -0.1) is 0 Å². The third-order valence-corrected chi connectivity index (χ3v) is 6.61. The lowest BCUT2D eigenvalue weighted by molar-refractivity contribution is -0.159. The minimum absolute atomic E-state index is 0.0659. The number of nitrogens with zero attached hydrogens (tertiary/aromatic N) is 1. The summed E-state index contributed by atoms with van der Waals surface area (Å²) in [7, 11) is 0. The summed E-state index contributed by atoms with van der Waals surface area (Å²) in [6.07, 6.45) is 0.597. The molecule has 10 nitrogen and oxygen atoms in total. The predicted octanol–water partition coefficient (Wildman–Crippen LogP) is 4.95. The molecule has 44 heavy (non-hydrogen) atoms. The van der Waals surface area contributed by atoms with E-state index in [0.29, 0.717) is 18.4 Å². The molecular formula is C33H47N3O7S. The second-order valence-corrected chi connectivity index (χ2v) is 12.9. The van der Waals surface area contributed by atoms with Crippen molar-refractivity contribution in [3.05, 3.63) is 65.7 Å². The molecule has 2 aromatic rings. The van der Waals surface area contributed by atoms with Gasteiger partial charge in [0.1, 0.15) is 35.1 Å². The summed E-state index contributed by atoms with van der Waals surface area (Å²) in [6.45, 7) is 12.4. The normalized spacial score (nSPS) is 13.6. The van der Waals surface area contributed by atoms with Gasteiger partial charge in [0.15, 0.2) is 0 Å². The van der Waals surface area contributed by atoms with Gasteiger partial charge in [0, 0.05) is 18.7 Å². The molecule has 242 valence electrons. The minimum atomic E-state index is -1.26. The first-order valence-corrected chi connectivity index (χ1v) is 15.4. The lowest BCUT2D eigenvalue weighted by atomic mass is 10.00. The number of esters is 1. The summed E-state index contributed by atoms with van der Waals surface area (Å²) in [4.78, 5) is 55.6. The van der Waals surface area contributed by atoms with Gasteiger partial charge in [-0.2, -0.15) is 12.6 Å². The van der Waals surface area contributed by atoms with Crippen molar-refractivity contribution in [1.29, 1.82) is 0 Å². The molecule has 11 heteroatoms. The number of ether oxygens (including phenoxy) is 2. The number of unbranched alkanes of at least 4 members (excludes halogenated alkanes) is 1. The van der Waals surface area contributed by atoms with E-state index in [0.717, 1.165) is 5.56 Å². The van der Waals surface area contributed by atoms with Crippen LogP contribution in [-0.4, -0.2) is 69.5 Å². The fraction of sp³-hybridized carbons (Fsp3) is 0.515. The van der Waals surface area contributed by atoms with Gasteiger partial charge in [0.05, 0.1) is 0 Å². The largest absolute Gasteiger partial charge is 0.508 e. The predicted molar refractivity (Wildman–Crippen MR) is 172 cm³/mol. The molecule has 0 aromatic heterocycles. The maximum atomic E-state index is 14.2. The summed E-state index contributed by atoms with van der Waals surface area (Å²) in [6, 6.07) is 11.8. The fourth-order valence-corrected chi connectivity index (χ4v) is 4.61. The molecule has 3 atom stereocenters. The van der Waals surface area contributed by atoms with Gasteiger partial charge in [-0.1, -0.05) is 55.8 Å². The molecule has 3 N–H and O–H groups in total. The van der Waals surface area contributed by atoms with Crippen LogP contribution >= 0.6 is 12.6 Å². The Balaban J connectivity index is 2.55. The van der Waals surface area contributed by atoms with Crippen LogP contribution in [0.15, 0.2) is 54.6 Å². The molecule has 0 fully saturated rings. The molecule has 2 aromatic carbocycles. The second kappa shape index (κ2) is 16.4. The van der Waals surface area contributed by atoms with Crippen LogP contribution in [0.5, 0.6) is 5.75 Å². The number of phenols is 1. The number of alkyl carbamates (subject to hydrolysis) is 1. The van der Waals surface area contributed by atoms with E-state index in [1.165, 1.54) is 17.0 Å². The van der Waals surface area contributed by atoms with Gasteiger partial charge in [0.25, 0.3) is 0 Å². The fourth-order valence-electron chi connectivity index (χ4n) is 4.36. The zero-order chi connectivity index (χ0) is 33.1. The van der Waals surface area contributed by atoms with E-state index in [-0.39, 0.29) is 24.5 Å². The molecule has 2 rings (SSSR count). The van der Waals surface area contributed by atoms with Crippen molar-refractivity contribution in [3.63, 3.8) is 0 Å². The third-order valence-electron chi connectivity index (χ3n) is 6.24. The van der Waals surface area contributed by atoms with Crippen LogP contribution in [0.4, 0.5) is 4.79 Å². The van der Waals surface area contributed by atoms with Crippen molar-refractivity contribution in [2.24, 2.45) is 0 Å². The topological polar surface area (TPSA) is 134 Å². The van der Waals surface area contributed by atoms with E-state index < -0.39 is 53.2 Å². The standard InChI is InChI=1S/C33H47N3O7S/c1-8-9-18-36(29(39)26(21-44)35-31(41)43-33(5,6)7)27(23-16-13-17-24(37)20-23)28(38)34-25(30(40)42-32(2,3)4)19-22-14-11-10-12-15-22/h10-17,20,25-27,37,44H,8-9,18-19,21H2,1-7H3,(H,34,38)(H,35,41). The molecule has 0 saturated carbocycles. The molecule has 0 aliphatic rings. The zero-order valence-corrected chi connectivity index (χ0v) is 27.6. The molecule has 0 spiro atoms. The Bertz CT molecular complexity index is 1260. The van der Waals surface area contributed by atoms with Crippen LogP contribution in [-0.2, 0) is 30.3 Å². The van der Waals surface area contributed by atoms with E-state index in [1.54, 1.807) is 53.7 Å². The lowest BCUT2D eigenvalue weighted by Crippen LogP contribution is -2.55. The lowest BCUT2D eigenvalue weighted by Gasteiger charge is -2.35. The number of aromatic hydroxyl groups is 1. The molecule has 0 aliphatic heterocycles. The van der Waals surface area contributed by atoms with E-state index in [1.807, 2.05) is 37.3 Å². The van der Waals surface area contributed by atoms with E-state index in [2.05, 4.69) is 23.3 Å². The van der Waals surface area contributed by atoms with Gasteiger partial charge in [0.2, 0.25) is 11.8 Å². The third kappa shape index (κ3) is 12.1. The maximum Gasteiger partial charge on any atom is 0.408 e. The summed E-state index contributed by atoms with van der Waals surface area (Å²) in [5.41, 5.74) is -0.481. The van der Waals surface area contributed by atoms with Gasteiger partial charge in [-0.3, -0.25) is 9.59 Å². The Hall–Kier alpha value is -3.73. The first kappa shape index (κ1) is 36.5. The second-order valence-electron chi connectivity index (χ2n) is 12.5. The van der Waals surface area contributed by atoms with Crippen LogP contribution in [0.25, 0.3) is 0 Å². The van der Waals surface area contributed by atoms with Crippen molar-refractivity contribution in [3.8, 4) is 5.75 Å². The quantitative estimate of drug-likeness (QED) is 0.182. The van der Waals surface area contributed by atoms with Gasteiger partial charge in [-0.25, -0.2) is 9.59 Å². The number of hydrogen-bond acceptors (Lipinski definition) is 8. The summed E-state index contributed by atoms with van der Waals surface area (Å²) < 4.78 is 11.0. The van der Waals surface area contributed by atoms with Crippen molar-refractivity contribution in [2.45, 2.75) is 97.1 Å². The number of phenolic OH excluding ortho intramolecular Hbond substituents is 1. The molecule has 0 aliphatic carbocycles. The van der Waals surface area contributed by atoms with Gasteiger partial charge < -0.3 is 30.1 Å². The number of hydrogen-bond donors (Lipinski definition) is 4. The highest BCUT2D eigenvalue weighted by Gasteiger charge is 2.38. The van der Waals surface area contributed by atoms with E-state index >= 15 is 0 Å². The highest BCUT2D eigenvalue weighted by Crippen LogP contribution is 2.27. The summed E-state index contributed by atoms with van der Waals surface area (Å²) in [5, 5.41) is 15.7. The Morgan fingerprint density at radius 3 is 2.07 bits per heavy atom. The van der Waals surface area contributed by atoms with Crippen molar-refractivity contribution in [1.82, 2.24) is 15.5 Å². The molecule has 0 bridgehead atoms. The van der Waals surface area contributed by atoms with Crippen LogP contribution < -0.4 is 10.6 Å². The average molecular weight is 630 g/mol. The minimum Gasteiger partial charge on any atom is -0.508 e. The Kier molecular flexibility index (Phi) is 13.6. The molecular weight excluding hydrogens is 582 g/mol. The number of carbonyl (C=O) groups excluding carboxylic acids is 4. The van der Waals surface area contributed by atoms with E-state index in [9.17, 15) is 24.3 Å². The zero-order valence-electron chi connectivity index (χ0n) is 26.8. The van der Waals surface area contributed by atoms with Crippen molar-refractivity contribution < 1.29 is 33.8 Å². The van der Waals surface area contributed by atoms with Crippen LogP contribution in [0.2, 0.25) is 0 Å². The Labute approximate surface area is 266 Å². The van der Waals surface area contributed by atoms with Gasteiger partial charge >= 0.3 is 12.1 Å². The average Bonchev–Trinajstić information content (AvgIpc) is 2.91. The molecule has 3 amide bonds. The summed E-state index contributed by atoms with van der Waals surface area (Å²) in [5.74, 6) is -2.02. The first-order chi connectivity index (χ1) is 20.5. The van der Waals surface area contributed by atoms with Crippen molar-refractivity contribution in [2.75, 3.05) is 12.3 Å². The number of amides is 3. The molecule has 0 radical (unpaired) electrons. The van der Waals surface area contributed by atoms with Crippen LogP contribution in [0.1, 0.15) is 78.5 Å². The van der Waals surface area contributed by atoms with Crippen LogP contribution in [0.3, 0.4) is 0 Å². The SMILES string of the molecule is CCCCN(C(=O)C(CS)NC(=O)OC(C)(C)C)C(C(=O)NC(Cc1ccccc1)C(=O)OC(C)(C)C)c1cccc(O)c1. The number of rotatable bonds is 13. The smallest absolute Gasteiger partial charge is 0.408 e. The molecule has 0 heterocycles. The number of carbonyl (C=O) groups is 4. The van der Waals surface area contributed by atoms with Gasteiger partial charge in [-0.05, 0) is 71.2 Å². The molecule has 0 saturated heterocycles. The number of thiol groups is 1. The van der Waals surface area contributed by atoms with Crippen LogP contribution in [0, 0.1) is 0 Å². The highest BCUT2D eigenvalue weighted by molar-refractivity contribution is 7.80. The van der Waals surface area contributed by atoms with Crippen molar-refractivity contribution >= 4 is 36.5 Å².